The number of nitrogens with zero attached hydrogens (tertiary/aromatic N) is 1. The fourth-order valence-electron chi connectivity index (χ4n) is 3.35. The molecule has 0 aromatic heterocycles. The van der Waals surface area contributed by atoms with Crippen LogP contribution < -0.4 is 24.8 Å². The van der Waals surface area contributed by atoms with E-state index in [9.17, 15) is 13.2 Å². The molecule has 32 heavy (non-hydrogen) atoms. The third-order valence-electron chi connectivity index (χ3n) is 4.87. The van der Waals surface area contributed by atoms with Gasteiger partial charge in [0.2, 0.25) is 0 Å². The van der Waals surface area contributed by atoms with Crippen LogP contribution in [-0.4, -0.2) is 39.1 Å². The largest absolute Gasteiger partial charge is 0.573 e. The summed E-state index contributed by atoms with van der Waals surface area (Å²) in [6.45, 7) is 3.01. The molecule has 2 atom stereocenters. The molecule has 0 aliphatic heterocycles. The topological polar surface area (TPSA) is 64.1 Å². The molecule has 3 rings (SSSR count). The Morgan fingerprint density at radius 3 is 2.44 bits per heavy atom. The Morgan fingerprint density at radius 2 is 1.78 bits per heavy atom. The number of methoxy groups -OCH3 is 2. The smallest absolute Gasteiger partial charge is 0.493 e. The van der Waals surface area contributed by atoms with E-state index in [0.29, 0.717) is 42.5 Å². The summed E-state index contributed by atoms with van der Waals surface area (Å²) >= 11 is 0. The van der Waals surface area contributed by atoms with Gasteiger partial charge in [0.15, 0.2) is 17.5 Å². The van der Waals surface area contributed by atoms with Crippen molar-refractivity contribution in [3.05, 3.63) is 53.6 Å². The molecule has 2 aromatic rings. The van der Waals surface area contributed by atoms with Gasteiger partial charge >= 0.3 is 6.36 Å². The van der Waals surface area contributed by atoms with Crippen LogP contribution in [0.2, 0.25) is 0 Å². The fraction of sp³-hybridized carbons (Fsp3) is 0.409. The first kappa shape index (κ1) is 25.9. The molecule has 1 aliphatic carbocycles. The van der Waals surface area contributed by atoms with Crippen molar-refractivity contribution in [2.45, 2.75) is 38.2 Å². The van der Waals surface area contributed by atoms with Gasteiger partial charge in [0.25, 0.3) is 0 Å². The van der Waals surface area contributed by atoms with Gasteiger partial charge in [-0.05, 0) is 42.7 Å². The SMILES string of the molecule is CCNC(=NCc1ccc(OC)c(OC)c1)NC1CC1c1ccccc1OC(F)(F)F.I. The summed E-state index contributed by atoms with van der Waals surface area (Å²) in [4.78, 5) is 4.59. The Kier molecular flexibility index (Phi) is 9.29. The van der Waals surface area contributed by atoms with Crippen LogP contribution in [-0.2, 0) is 6.54 Å². The lowest BCUT2D eigenvalue weighted by Crippen LogP contribution is -2.39. The summed E-state index contributed by atoms with van der Waals surface area (Å²) in [6.07, 6.45) is -4.03. The molecular weight excluding hydrogens is 538 g/mol. The monoisotopic (exact) mass is 565 g/mol. The molecule has 1 fully saturated rings. The Bertz CT molecular complexity index is 925. The maximum absolute atomic E-state index is 12.7. The summed E-state index contributed by atoms with van der Waals surface area (Å²) in [7, 11) is 3.15. The Hall–Kier alpha value is -2.37. The number of ether oxygens (including phenoxy) is 3. The van der Waals surface area contributed by atoms with Crippen molar-refractivity contribution < 1.29 is 27.4 Å². The van der Waals surface area contributed by atoms with E-state index in [1.165, 1.54) is 12.1 Å². The average molecular weight is 565 g/mol. The van der Waals surface area contributed by atoms with E-state index in [2.05, 4.69) is 20.4 Å². The summed E-state index contributed by atoms with van der Waals surface area (Å²) in [6, 6.07) is 11.8. The van der Waals surface area contributed by atoms with Gasteiger partial charge < -0.3 is 24.8 Å². The van der Waals surface area contributed by atoms with Gasteiger partial charge in [0.1, 0.15) is 5.75 Å². The zero-order valence-electron chi connectivity index (χ0n) is 18.0. The predicted octanol–water partition coefficient (Wildman–Crippen LogP) is 4.83. The van der Waals surface area contributed by atoms with E-state index in [1.807, 2.05) is 25.1 Å². The van der Waals surface area contributed by atoms with E-state index in [0.717, 1.165) is 5.56 Å². The fourth-order valence-corrected chi connectivity index (χ4v) is 3.35. The maximum atomic E-state index is 12.7. The first-order valence-corrected chi connectivity index (χ1v) is 9.95. The van der Waals surface area contributed by atoms with Crippen molar-refractivity contribution >= 4 is 29.9 Å². The molecule has 6 nitrogen and oxygen atoms in total. The highest BCUT2D eigenvalue weighted by Crippen LogP contribution is 2.45. The van der Waals surface area contributed by atoms with Gasteiger partial charge in [-0.3, -0.25) is 0 Å². The van der Waals surface area contributed by atoms with E-state index in [1.54, 1.807) is 26.4 Å². The average Bonchev–Trinajstić information content (AvgIpc) is 3.50. The van der Waals surface area contributed by atoms with Crippen LogP contribution in [0.1, 0.15) is 30.4 Å². The Morgan fingerprint density at radius 1 is 1.06 bits per heavy atom. The first-order valence-electron chi connectivity index (χ1n) is 9.95. The number of halogens is 4. The van der Waals surface area contributed by atoms with Gasteiger partial charge in [-0.2, -0.15) is 0 Å². The zero-order chi connectivity index (χ0) is 22.4. The number of guanidine groups is 1. The van der Waals surface area contributed by atoms with Gasteiger partial charge in [0, 0.05) is 18.5 Å². The second-order valence-electron chi connectivity index (χ2n) is 7.06. The highest BCUT2D eigenvalue weighted by molar-refractivity contribution is 14.0. The highest BCUT2D eigenvalue weighted by Gasteiger charge is 2.42. The summed E-state index contributed by atoms with van der Waals surface area (Å²) in [5.74, 6) is 1.62. The van der Waals surface area contributed by atoms with Crippen LogP contribution in [0.5, 0.6) is 17.2 Å². The Labute approximate surface area is 202 Å². The van der Waals surface area contributed by atoms with Crippen LogP contribution in [0.3, 0.4) is 0 Å². The number of alkyl halides is 3. The van der Waals surface area contributed by atoms with Crippen molar-refractivity contribution in [2.75, 3.05) is 20.8 Å². The number of para-hydroxylation sites is 1. The normalized spacial score (nSPS) is 17.8. The van der Waals surface area contributed by atoms with Crippen LogP contribution >= 0.6 is 24.0 Å². The summed E-state index contributed by atoms with van der Waals surface area (Å²) in [5.41, 5.74) is 1.47. The minimum Gasteiger partial charge on any atom is -0.493 e. The van der Waals surface area contributed by atoms with Crippen LogP contribution in [0.15, 0.2) is 47.5 Å². The predicted molar refractivity (Wildman–Crippen MR) is 127 cm³/mol. The number of hydrogen-bond acceptors (Lipinski definition) is 4. The molecule has 0 heterocycles. The molecule has 1 saturated carbocycles. The standard InChI is InChI=1S/C22H26F3N3O3.HI/c1-4-26-21(27-13-14-9-10-19(29-2)20(11-14)30-3)28-17-12-16(17)15-7-5-6-8-18(15)31-22(23,24)25;/h5-11,16-17H,4,12-13H2,1-3H3,(H2,26,27,28);1H. The van der Waals surface area contributed by atoms with E-state index < -0.39 is 6.36 Å². The van der Waals surface area contributed by atoms with Gasteiger partial charge in [-0.15, -0.1) is 37.1 Å². The molecule has 0 saturated heterocycles. The second-order valence-corrected chi connectivity index (χ2v) is 7.06. The summed E-state index contributed by atoms with van der Waals surface area (Å²) in [5, 5.41) is 6.47. The van der Waals surface area contributed by atoms with Gasteiger partial charge in [-0.1, -0.05) is 24.3 Å². The maximum Gasteiger partial charge on any atom is 0.573 e. The lowest BCUT2D eigenvalue weighted by atomic mass is 10.1. The number of benzene rings is 2. The third kappa shape index (κ3) is 7.07. The van der Waals surface area contributed by atoms with Crippen molar-refractivity contribution in [2.24, 2.45) is 4.99 Å². The highest BCUT2D eigenvalue weighted by atomic mass is 127. The molecule has 0 spiro atoms. The van der Waals surface area contributed by atoms with Crippen molar-refractivity contribution in [1.82, 2.24) is 10.6 Å². The molecule has 0 amide bonds. The molecule has 176 valence electrons. The first-order chi connectivity index (χ1) is 14.8. The molecule has 2 unspecified atom stereocenters. The van der Waals surface area contributed by atoms with Crippen molar-refractivity contribution in [3.8, 4) is 17.2 Å². The Balaban J connectivity index is 0.00000363. The molecule has 10 heteroatoms. The van der Waals surface area contributed by atoms with Crippen molar-refractivity contribution in [1.29, 1.82) is 0 Å². The lowest BCUT2D eigenvalue weighted by molar-refractivity contribution is -0.274. The van der Waals surface area contributed by atoms with Crippen LogP contribution in [0.25, 0.3) is 0 Å². The minimum absolute atomic E-state index is 0. The molecule has 2 N–H and O–H groups in total. The van der Waals surface area contributed by atoms with Crippen molar-refractivity contribution in [3.63, 3.8) is 0 Å². The third-order valence-corrected chi connectivity index (χ3v) is 4.87. The number of hydrogen-bond donors (Lipinski definition) is 2. The van der Waals surface area contributed by atoms with Gasteiger partial charge in [0.05, 0.1) is 20.8 Å². The lowest BCUT2D eigenvalue weighted by Gasteiger charge is -2.14. The second kappa shape index (κ2) is 11.5. The number of aliphatic imine (C=N–C) groups is 1. The number of nitrogens with one attached hydrogen (secondary N) is 2. The zero-order valence-corrected chi connectivity index (χ0v) is 20.4. The minimum atomic E-state index is -4.72. The van der Waals surface area contributed by atoms with E-state index in [-0.39, 0.29) is 41.7 Å². The molecule has 0 radical (unpaired) electrons. The molecule has 2 aromatic carbocycles. The van der Waals surface area contributed by atoms with E-state index in [4.69, 9.17) is 9.47 Å². The quantitative estimate of drug-likeness (QED) is 0.273. The van der Waals surface area contributed by atoms with Crippen LogP contribution in [0.4, 0.5) is 13.2 Å². The molecule has 0 bridgehead atoms. The molecular formula is C22H27F3IN3O3. The van der Waals surface area contributed by atoms with E-state index >= 15 is 0 Å². The van der Waals surface area contributed by atoms with Gasteiger partial charge in [-0.25, -0.2) is 4.99 Å². The van der Waals surface area contributed by atoms with Crippen LogP contribution in [0, 0.1) is 0 Å². The summed E-state index contributed by atoms with van der Waals surface area (Å²) < 4.78 is 52.8. The molecule has 1 aliphatic rings. The number of rotatable bonds is 8.